The lowest BCUT2D eigenvalue weighted by atomic mass is 10.0. The molecule has 0 radical (unpaired) electrons. The predicted octanol–water partition coefficient (Wildman–Crippen LogP) is 1.69. The Bertz CT molecular complexity index is 552. The molecule has 1 aromatic rings. The van der Waals surface area contributed by atoms with Crippen LogP contribution in [0.1, 0.15) is 23.7 Å². The number of rotatable bonds is 4. The third-order valence-electron chi connectivity index (χ3n) is 3.32. The van der Waals surface area contributed by atoms with Crippen LogP contribution >= 0.6 is 0 Å². The molecule has 1 atom stereocenters. The number of aromatic carboxylic acids is 1. The smallest absolute Gasteiger partial charge is 0.339 e. The van der Waals surface area contributed by atoms with Crippen molar-refractivity contribution in [2.75, 3.05) is 25.6 Å². The van der Waals surface area contributed by atoms with Gasteiger partial charge in [0, 0.05) is 18.4 Å². The fourth-order valence-corrected chi connectivity index (χ4v) is 2.15. The van der Waals surface area contributed by atoms with Gasteiger partial charge in [-0.25, -0.2) is 9.59 Å². The molecule has 7 nitrogen and oxygen atoms in total. The first-order chi connectivity index (χ1) is 9.93. The molecule has 7 heteroatoms. The highest BCUT2D eigenvalue weighted by molar-refractivity contribution is 5.94. The summed E-state index contributed by atoms with van der Waals surface area (Å²) in [4.78, 5) is 23.0. The average molecular weight is 294 g/mol. The van der Waals surface area contributed by atoms with Crippen LogP contribution in [0.25, 0.3) is 0 Å². The molecule has 1 aliphatic rings. The Hall–Kier alpha value is -2.28. The van der Waals surface area contributed by atoms with Gasteiger partial charge >= 0.3 is 12.0 Å². The van der Waals surface area contributed by atoms with Crippen molar-refractivity contribution in [2.24, 2.45) is 0 Å². The average Bonchev–Trinajstić information content (AvgIpc) is 2.84. The highest BCUT2D eigenvalue weighted by Crippen LogP contribution is 2.23. The highest BCUT2D eigenvalue weighted by Gasteiger charge is 2.31. The molecule has 1 aliphatic heterocycles. The van der Waals surface area contributed by atoms with E-state index in [4.69, 9.17) is 14.6 Å². The van der Waals surface area contributed by atoms with E-state index in [9.17, 15) is 9.59 Å². The van der Waals surface area contributed by atoms with E-state index in [-0.39, 0.29) is 22.9 Å². The molecule has 0 bridgehead atoms. The van der Waals surface area contributed by atoms with Crippen LogP contribution in [0.5, 0.6) is 5.75 Å². The second kappa shape index (κ2) is 6.01. The van der Waals surface area contributed by atoms with Crippen molar-refractivity contribution in [3.8, 4) is 5.75 Å². The number of carbonyl (C=O) groups is 2. The van der Waals surface area contributed by atoms with E-state index in [2.05, 4.69) is 10.6 Å². The fraction of sp³-hybridized carbons (Fsp3) is 0.429. The first-order valence-electron chi connectivity index (χ1n) is 6.52. The number of ether oxygens (including phenoxy) is 2. The van der Waals surface area contributed by atoms with E-state index < -0.39 is 5.97 Å². The van der Waals surface area contributed by atoms with Gasteiger partial charge in [0.05, 0.1) is 19.3 Å². The molecule has 0 spiro atoms. The maximum Gasteiger partial charge on any atom is 0.339 e. The number of nitrogens with one attached hydrogen (secondary N) is 2. The monoisotopic (exact) mass is 294 g/mol. The van der Waals surface area contributed by atoms with Crippen LogP contribution in [-0.2, 0) is 4.74 Å². The number of benzene rings is 1. The molecule has 1 aromatic carbocycles. The van der Waals surface area contributed by atoms with Gasteiger partial charge in [-0.05, 0) is 25.5 Å². The number of carboxylic acids is 1. The van der Waals surface area contributed by atoms with Crippen LogP contribution in [0.2, 0.25) is 0 Å². The summed E-state index contributed by atoms with van der Waals surface area (Å²) in [6, 6.07) is 4.00. The molecule has 1 saturated heterocycles. The Balaban J connectivity index is 2.05. The van der Waals surface area contributed by atoms with Crippen molar-refractivity contribution < 1.29 is 24.2 Å². The maximum absolute atomic E-state index is 12.0. The van der Waals surface area contributed by atoms with E-state index in [0.29, 0.717) is 18.9 Å². The third-order valence-corrected chi connectivity index (χ3v) is 3.32. The molecule has 0 saturated carbocycles. The fourth-order valence-electron chi connectivity index (χ4n) is 2.15. The van der Waals surface area contributed by atoms with Crippen LogP contribution in [-0.4, -0.2) is 43.0 Å². The molecule has 1 heterocycles. The Morgan fingerprint density at radius 2 is 2.19 bits per heavy atom. The van der Waals surface area contributed by atoms with Crippen molar-refractivity contribution in [3.63, 3.8) is 0 Å². The molecule has 2 amide bonds. The molecule has 1 fully saturated rings. The number of methoxy groups -OCH3 is 1. The molecule has 114 valence electrons. The number of carbonyl (C=O) groups excluding carboxylic acids is 1. The molecule has 1 unspecified atom stereocenters. The van der Waals surface area contributed by atoms with E-state index >= 15 is 0 Å². The normalized spacial score (nSPS) is 20.9. The summed E-state index contributed by atoms with van der Waals surface area (Å²) in [5.74, 6) is -0.894. The van der Waals surface area contributed by atoms with E-state index in [1.165, 1.54) is 25.3 Å². The summed E-state index contributed by atoms with van der Waals surface area (Å²) < 4.78 is 10.3. The molecule has 3 N–H and O–H groups in total. The molecule has 0 aromatic heterocycles. The van der Waals surface area contributed by atoms with Crippen molar-refractivity contribution in [2.45, 2.75) is 18.9 Å². The lowest BCUT2D eigenvalue weighted by molar-refractivity contribution is 0.0693. The van der Waals surface area contributed by atoms with E-state index in [1.54, 1.807) is 0 Å². The number of anilines is 1. The maximum atomic E-state index is 12.0. The summed E-state index contributed by atoms with van der Waals surface area (Å²) in [6.07, 6.45) is 0.752. The third kappa shape index (κ3) is 3.63. The summed E-state index contributed by atoms with van der Waals surface area (Å²) in [6.45, 7) is 3.01. The van der Waals surface area contributed by atoms with Gasteiger partial charge in [-0.3, -0.25) is 0 Å². The number of amides is 2. The molecular weight excluding hydrogens is 276 g/mol. The SMILES string of the molecule is COc1cc(NC(=O)NC2(C)CCOC2)ccc1C(=O)O. The predicted molar refractivity (Wildman–Crippen MR) is 75.9 cm³/mol. The van der Waals surface area contributed by atoms with Crippen molar-refractivity contribution in [1.82, 2.24) is 5.32 Å². The second-order valence-corrected chi connectivity index (χ2v) is 5.16. The minimum absolute atomic E-state index is 0.0413. The Morgan fingerprint density at radius 3 is 2.76 bits per heavy atom. The lowest BCUT2D eigenvalue weighted by Gasteiger charge is -2.23. The summed E-state index contributed by atoms with van der Waals surface area (Å²) in [5.41, 5.74) is 0.117. The summed E-state index contributed by atoms with van der Waals surface area (Å²) in [5, 5.41) is 14.5. The van der Waals surface area contributed by atoms with Gasteiger partial charge in [-0.1, -0.05) is 0 Å². The Kier molecular flexibility index (Phi) is 4.32. The van der Waals surface area contributed by atoms with Crippen LogP contribution in [0.15, 0.2) is 18.2 Å². The molecule has 2 rings (SSSR count). The molecular formula is C14H18N2O5. The number of hydrogen-bond donors (Lipinski definition) is 3. The number of urea groups is 1. The van der Waals surface area contributed by atoms with Crippen LogP contribution in [0, 0.1) is 0 Å². The first kappa shape index (κ1) is 15.1. The van der Waals surface area contributed by atoms with Crippen molar-refractivity contribution in [1.29, 1.82) is 0 Å². The first-order valence-corrected chi connectivity index (χ1v) is 6.52. The van der Waals surface area contributed by atoms with Crippen molar-refractivity contribution >= 4 is 17.7 Å². The van der Waals surface area contributed by atoms with Crippen molar-refractivity contribution in [3.05, 3.63) is 23.8 Å². The largest absolute Gasteiger partial charge is 0.496 e. The zero-order valence-corrected chi connectivity index (χ0v) is 11.9. The standard InChI is InChI=1S/C14H18N2O5/c1-14(5-6-21-8-14)16-13(19)15-9-3-4-10(12(17)18)11(7-9)20-2/h3-4,7H,5-6,8H2,1-2H3,(H,17,18)(H2,15,16,19). The quantitative estimate of drug-likeness (QED) is 0.785. The van der Waals surface area contributed by atoms with Gasteiger partial charge in [0.1, 0.15) is 11.3 Å². The van der Waals surface area contributed by atoms with Crippen LogP contribution in [0.4, 0.5) is 10.5 Å². The molecule has 21 heavy (non-hydrogen) atoms. The minimum atomic E-state index is -1.08. The Morgan fingerprint density at radius 1 is 1.43 bits per heavy atom. The summed E-state index contributed by atoms with van der Waals surface area (Å²) >= 11 is 0. The zero-order chi connectivity index (χ0) is 15.5. The number of carboxylic acid groups (broad SMARTS) is 1. The van der Waals surface area contributed by atoms with E-state index in [1.807, 2.05) is 6.92 Å². The van der Waals surface area contributed by atoms with E-state index in [0.717, 1.165) is 6.42 Å². The second-order valence-electron chi connectivity index (χ2n) is 5.16. The van der Waals surface area contributed by atoms with Gasteiger partial charge in [-0.2, -0.15) is 0 Å². The van der Waals surface area contributed by atoms with Gasteiger partial charge in [0.2, 0.25) is 0 Å². The van der Waals surface area contributed by atoms with Crippen LogP contribution in [0.3, 0.4) is 0 Å². The highest BCUT2D eigenvalue weighted by atomic mass is 16.5. The van der Waals surface area contributed by atoms with Gasteiger partial charge in [0.15, 0.2) is 0 Å². The summed E-state index contributed by atoms with van der Waals surface area (Å²) in [7, 11) is 1.38. The topological polar surface area (TPSA) is 96.9 Å². The lowest BCUT2D eigenvalue weighted by Crippen LogP contribution is -2.48. The van der Waals surface area contributed by atoms with Crippen LogP contribution < -0.4 is 15.4 Å². The minimum Gasteiger partial charge on any atom is -0.496 e. The van der Waals surface area contributed by atoms with Gasteiger partial charge in [0.25, 0.3) is 0 Å². The zero-order valence-electron chi connectivity index (χ0n) is 11.9. The molecule has 0 aliphatic carbocycles. The Labute approximate surface area is 122 Å². The van der Waals surface area contributed by atoms with Gasteiger partial charge < -0.3 is 25.2 Å². The number of hydrogen-bond acceptors (Lipinski definition) is 4. The van der Waals surface area contributed by atoms with Gasteiger partial charge in [-0.15, -0.1) is 0 Å².